The van der Waals surface area contributed by atoms with Gasteiger partial charge in [0.25, 0.3) is 0 Å². The number of hydrogen-bond acceptors (Lipinski definition) is 4. The van der Waals surface area contributed by atoms with Crippen LogP contribution in [0.5, 0.6) is 0 Å². The number of anilines is 1. The van der Waals surface area contributed by atoms with Crippen molar-refractivity contribution >= 4 is 16.7 Å². The summed E-state index contributed by atoms with van der Waals surface area (Å²) in [7, 11) is 0. The van der Waals surface area contributed by atoms with Crippen molar-refractivity contribution in [2.75, 3.05) is 11.9 Å². The first kappa shape index (κ1) is 7.98. The highest BCUT2D eigenvalue weighted by Gasteiger charge is 2.23. The van der Waals surface area contributed by atoms with Crippen molar-refractivity contribution in [3.8, 4) is 0 Å². The quantitative estimate of drug-likeness (QED) is 0.781. The Balaban J connectivity index is 2.02. The molecule has 12 heavy (non-hydrogen) atoms. The van der Waals surface area contributed by atoms with E-state index in [9.17, 15) is 0 Å². The standard InChI is InChI=1S/C8H13N3S/c1-2-9-8-10-7(11-12-8)6-4-3-5-6/h6H,2-5H2,1H3,(H,9,10,11). The molecule has 0 saturated heterocycles. The monoisotopic (exact) mass is 183 g/mol. The molecule has 1 heterocycles. The Morgan fingerprint density at radius 3 is 3.00 bits per heavy atom. The Morgan fingerprint density at radius 2 is 2.42 bits per heavy atom. The number of nitrogens with zero attached hydrogens (tertiary/aromatic N) is 2. The second-order valence-electron chi connectivity index (χ2n) is 3.12. The van der Waals surface area contributed by atoms with Crippen molar-refractivity contribution in [3.63, 3.8) is 0 Å². The van der Waals surface area contributed by atoms with Crippen LogP contribution in [0.2, 0.25) is 0 Å². The predicted molar refractivity (Wildman–Crippen MR) is 50.7 cm³/mol. The van der Waals surface area contributed by atoms with E-state index in [1.54, 1.807) is 0 Å². The molecule has 1 N–H and O–H groups in total. The van der Waals surface area contributed by atoms with Gasteiger partial charge in [-0.05, 0) is 19.8 Å². The van der Waals surface area contributed by atoms with Crippen LogP contribution in [0.3, 0.4) is 0 Å². The minimum Gasteiger partial charge on any atom is -0.361 e. The highest BCUT2D eigenvalue weighted by atomic mass is 32.1. The Kier molecular flexibility index (Phi) is 2.26. The van der Waals surface area contributed by atoms with Gasteiger partial charge in [0.2, 0.25) is 5.13 Å². The summed E-state index contributed by atoms with van der Waals surface area (Å²) in [6, 6.07) is 0. The summed E-state index contributed by atoms with van der Waals surface area (Å²) in [5, 5.41) is 4.15. The van der Waals surface area contributed by atoms with Gasteiger partial charge in [0.15, 0.2) is 0 Å². The second kappa shape index (κ2) is 3.39. The lowest BCUT2D eigenvalue weighted by Crippen LogP contribution is -2.10. The van der Waals surface area contributed by atoms with E-state index in [1.165, 1.54) is 30.8 Å². The normalized spacial score (nSPS) is 17.4. The Bertz CT molecular complexity index is 255. The molecule has 1 saturated carbocycles. The molecule has 4 heteroatoms. The lowest BCUT2D eigenvalue weighted by Gasteiger charge is -2.21. The summed E-state index contributed by atoms with van der Waals surface area (Å²) in [4.78, 5) is 4.42. The van der Waals surface area contributed by atoms with E-state index in [0.717, 1.165) is 17.5 Å². The fourth-order valence-electron chi connectivity index (χ4n) is 1.29. The summed E-state index contributed by atoms with van der Waals surface area (Å²) in [6.45, 7) is 3.00. The van der Waals surface area contributed by atoms with Gasteiger partial charge in [-0.25, -0.2) is 4.98 Å². The summed E-state index contributed by atoms with van der Waals surface area (Å²) in [5.74, 6) is 1.72. The molecule has 2 rings (SSSR count). The third-order valence-corrected chi connectivity index (χ3v) is 2.93. The van der Waals surface area contributed by atoms with Crippen LogP contribution in [-0.2, 0) is 0 Å². The fraction of sp³-hybridized carbons (Fsp3) is 0.750. The van der Waals surface area contributed by atoms with E-state index >= 15 is 0 Å². The van der Waals surface area contributed by atoms with Gasteiger partial charge in [-0.1, -0.05) is 6.42 Å². The average Bonchev–Trinajstić information content (AvgIpc) is 2.34. The lowest BCUT2D eigenvalue weighted by atomic mass is 9.85. The SMILES string of the molecule is CCNc1nc(C2CCC2)ns1. The van der Waals surface area contributed by atoms with Gasteiger partial charge in [0, 0.05) is 24.0 Å². The van der Waals surface area contributed by atoms with E-state index in [-0.39, 0.29) is 0 Å². The van der Waals surface area contributed by atoms with Crippen molar-refractivity contribution in [1.29, 1.82) is 0 Å². The van der Waals surface area contributed by atoms with Crippen LogP contribution in [0.1, 0.15) is 37.9 Å². The lowest BCUT2D eigenvalue weighted by molar-refractivity contribution is 0.405. The van der Waals surface area contributed by atoms with E-state index in [0.29, 0.717) is 5.92 Å². The van der Waals surface area contributed by atoms with Gasteiger partial charge in [-0.15, -0.1) is 0 Å². The van der Waals surface area contributed by atoms with Crippen molar-refractivity contribution < 1.29 is 0 Å². The zero-order chi connectivity index (χ0) is 8.39. The summed E-state index contributed by atoms with van der Waals surface area (Å²) in [5.41, 5.74) is 0. The maximum absolute atomic E-state index is 4.42. The molecule has 0 radical (unpaired) electrons. The van der Waals surface area contributed by atoms with Gasteiger partial charge < -0.3 is 5.32 Å². The molecule has 1 aromatic heterocycles. The minimum atomic E-state index is 0.661. The first-order chi connectivity index (χ1) is 5.90. The molecule has 3 nitrogen and oxygen atoms in total. The molecule has 0 unspecified atom stereocenters. The Morgan fingerprint density at radius 1 is 1.58 bits per heavy atom. The Labute approximate surface area is 76.4 Å². The molecule has 0 spiro atoms. The molecule has 0 atom stereocenters. The third-order valence-electron chi connectivity index (χ3n) is 2.24. The van der Waals surface area contributed by atoms with Crippen molar-refractivity contribution in [3.05, 3.63) is 5.82 Å². The first-order valence-electron chi connectivity index (χ1n) is 4.47. The van der Waals surface area contributed by atoms with Crippen LogP contribution < -0.4 is 5.32 Å². The summed E-state index contributed by atoms with van der Waals surface area (Å²) < 4.78 is 4.32. The molecule has 0 aliphatic heterocycles. The van der Waals surface area contributed by atoms with Gasteiger partial charge in [-0.3, -0.25) is 0 Å². The van der Waals surface area contributed by atoms with Crippen LogP contribution in [0.25, 0.3) is 0 Å². The topological polar surface area (TPSA) is 37.8 Å². The molecule has 0 bridgehead atoms. The molecule has 0 amide bonds. The van der Waals surface area contributed by atoms with E-state index in [1.807, 2.05) is 0 Å². The van der Waals surface area contributed by atoms with Crippen LogP contribution in [0, 0.1) is 0 Å². The molecule has 1 aliphatic carbocycles. The van der Waals surface area contributed by atoms with Crippen LogP contribution in [0.15, 0.2) is 0 Å². The zero-order valence-corrected chi connectivity index (χ0v) is 8.02. The third kappa shape index (κ3) is 1.43. The van der Waals surface area contributed by atoms with E-state index in [4.69, 9.17) is 0 Å². The maximum atomic E-state index is 4.42. The predicted octanol–water partition coefficient (Wildman–Crippen LogP) is 2.24. The smallest absolute Gasteiger partial charge is 0.202 e. The van der Waals surface area contributed by atoms with Crippen LogP contribution >= 0.6 is 11.5 Å². The average molecular weight is 183 g/mol. The molecule has 66 valence electrons. The number of rotatable bonds is 3. The number of aromatic nitrogens is 2. The van der Waals surface area contributed by atoms with Crippen LogP contribution in [-0.4, -0.2) is 15.9 Å². The highest BCUT2D eigenvalue weighted by molar-refractivity contribution is 7.09. The van der Waals surface area contributed by atoms with Crippen molar-refractivity contribution in [2.45, 2.75) is 32.1 Å². The van der Waals surface area contributed by atoms with Crippen molar-refractivity contribution in [1.82, 2.24) is 9.36 Å². The summed E-state index contributed by atoms with van der Waals surface area (Å²) >= 11 is 1.48. The largest absolute Gasteiger partial charge is 0.361 e. The summed E-state index contributed by atoms with van der Waals surface area (Å²) in [6.07, 6.45) is 3.91. The molecule has 1 aromatic rings. The number of nitrogens with one attached hydrogen (secondary N) is 1. The fourth-order valence-corrected chi connectivity index (χ4v) is 2.00. The van der Waals surface area contributed by atoms with Crippen molar-refractivity contribution in [2.24, 2.45) is 0 Å². The molecule has 0 aromatic carbocycles. The second-order valence-corrected chi connectivity index (χ2v) is 3.87. The molecular formula is C8H13N3S. The molecule has 1 fully saturated rings. The van der Waals surface area contributed by atoms with Gasteiger partial charge in [0.1, 0.15) is 5.82 Å². The number of hydrogen-bond donors (Lipinski definition) is 1. The molecular weight excluding hydrogens is 170 g/mol. The van der Waals surface area contributed by atoms with Gasteiger partial charge in [0.05, 0.1) is 0 Å². The van der Waals surface area contributed by atoms with Crippen LogP contribution in [0.4, 0.5) is 5.13 Å². The zero-order valence-electron chi connectivity index (χ0n) is 7.21. The van der Waals surface area contributed by atoms with E-state index < -0.39 is 0 Å². The Hall–Kier alpha value is -0.640. The maximum Gasteiger partial charge on any atom is 0.202 e. The minimum absolute atomic E-state index is 0.661. The van der Waals surface area contributed by atoms with E-state index in [2.05, 4.69) is 21.6 Å². The molecule has 1 aliphatic rings. The van der Waals surface area contributed by atoms with Gasteiger partial charge in [-0.2, -0.15) is 4.37 Å². The van der Waals surface area contributed by atoms with Gasteiger partial charge >= 0.3 is 0 Å². The first-order valence-corrected chi connectivity index (χ1v) is 5.25. The highest BCUT2D eigenvalue weighted by Crippen LogP contribution is 2.35.